The van der Waals surface area contributed by atoms with E-state index in [9.17, 15) is 0 Å². The Morgan fingerprint density at radius 3 is 2.78 bits per heavy atom. The van der Waals surface area contributed by atoms with Crippen LogP contribution in [0, 0.1) is 5.92 Å². The zero-order valence-corrected chi connectivity index (χ0v) is 11.4. The van der Waals surface area contributed by atoms with Crippen molar-refractivity contribution in [3.05, 3.63) is 18.0 Å². The van der Waals surface area contributed by atoms with Crippen molar-refractivity contribution in [1.29, 1.82) is 0 Å². The van der Waals surface area contributed by atoms with Gasteiger partial charge in [-0.25, -0.2) is 0 Å². The molecule has 1 aliphatic rings. The molecule has 0 saturated carbocycles. The number of aryl methyl sites for hydroxylation is 1. The van der Waals surface area contributed by atoms with Crippen molar-refractivity contribution in [2.75, 3.05) is 33.4 Å². The summed E-state index contributed by atoms with van der Waals surface area (Å²) in [4.78, 5) is 2.45. The van der Waals surface area contributed by atoms with Gasteiger partial charge in [-0.05, 0) is 31.8 Å². The van der Waals surface area contributed by atoms with E-state index in [1.54, 1.807) is 11.8 Å². The zero-order valence-electron chi connectivity index (χ0n) is 11.4. The minimum atomic E-state index is 0.0673. The first kappa shape index (κ1) is 13.5. The molecule has 5 heteroatoms. The van der Waals surface area contributed by atoms with Gasteiger partial charge in [0.25, 0.3) is 0 Å². The fourth-order valence-corrected chi connectivity index (χ4v) is 2.59. The molecule has 1 saturated heterocycles. The van der Waals surface area contributed by atoms with Crippen molar-refractivity contribution in [3.8, 4) is 0 Å². The molecule has 1 fully saturated rings. The Hall–Kier alpha value is -0.910. The van der Waals surface area contributed by atoms with Gasteiger partial charge in [-0.15, -0.1) is 0 Å². The van der Waals surface area contributed by atoms with Crippen LogP contribution < -0.4 is 5.73 Å². The highest BCUT2D eigenvalue weighted by Gasteiger charge is 2.21. The number of methoxy groups -OCH3 is 1. The molecule has 1 aromatic rings. The fraction of sp³-hybridized carbons (Fsp3) is 0.769. The number of ether oxygens (including phenoxy) is 1. The molecule has 2 N–H and O–H groups in total. The number of nitrogens with zero attached hydrogens (tertiary/aromatic N) is 3. The predicted octanol–water partition coefficient (Wildman–Crippen LogP) is 0.778. The maximum Gasteiger partial charge on any atom is 0.0537 e. The van der Waals surface area contributed by atoms with Crippen LogP contribution in [0.3, 0.4) is 0 Å². The van der Waals surface area contributed by atoms with E-state index in [1.165, 1.54) is 12.8 Å². The van der Waals surface area contributed by atoms with E-state index in [-0.39, 0.29) is 6.04 Å². The second kappa shape index (κ2) is 6.31. The third-order valence-electron chi connectivity index (χ3n) is 3.72. The Labute approximate surface area is 109 Å². The number of aromatic nitrogens is 2. The number of likely N-dealkylation sites (tertiary alicyclic amines) is 1. The van der Waals surface area contributed by atoms with Gasteiger partial charge in [0.1, 0.15) is 0 Å². The Kier molecular flexibility index (Phi) is 4.74. The molecule has 0 amide bonds. The van der Waals surface area contributed by atoms with E-state index in [0.29, 0.717) is 0 Å². The number of rotatable bonds is 5. The summed E-state index contributed by atoms with van der Waals surface area (Å²) in [5.74, 6) is 0.723. The molecule has 2 rings (SSSR count). The maximum absolute atomic E-state index is 6.21. The minimum absolute atomic E-state index is 0.0673. The Bertz CT molecular complexity index is 358. The van der Waals surface area contributed by atoms with Gasteiger partial charge in [-0.2, -0.15) is 5.10 Å². The normalized spacial score (nSPS) is 20.2. The van der Waals surface area contributed by atoms with Gasteiger partial charge >= 0.3 is 0 Å². The van der Waals surface area contributed by atoms with Crippen LogP contribution in [-0.2, 0) is 11.8 Å². The molecule has 1 aromatic heterocycles. The van der Waals surface area contributed by atoms with E-state index in [2.05, 4.69) is 10.00 Å². The van der Waals surface area contributed by atoms with Gasteiger partial charge in [0, 0.05) is 45.1 Å². The van der Waals surface area contributed by atoms with Crippen LogP contribution in [0.2, 0.25) is 0 Å². The Morgan fingerprint density at radius 1 is 1.50 bits per heavy atom. The molecule has 18 heavy (non-hydrogen) atoms. The van der Waals surface area contributed by atoms with E-state index in [0.717, 1.165) is 37.7 Å². The van der Waals surface area contributed by atoms with Crippen LogP contribution in [0.4, 0.5) is 0 Å². The lowest BCUT2D eigenvalue weighted by Crippen LogP contribution is -2.39. The van der Waals surface area contributed by atoms with Gasteiger partial charge in [0.15, 0.2) is 0 Å². The molecule has 0 radical (unpaired) electrons. The highest BCUT2D eigenvalue weighted by Crippen LogP contribution is 2.19. The maximum atomic E-state index is 6.21. The first-order valence-electron chi connectivity index (χ1n) is 6.64. The Morgan fingerprint density at radius 2 is 2.22 bits per heavy atom. The van der Waals surface area contributed by atoms with Gasteiger partial charge in [0.2, 0.25) is 0 Å². The summed E-state index contributed by atoms with van der Waals surface area (Å²) in [7, 11) is 3.71. The summed E-state index contributed by atoms with van der Waals surface area (Å²) in [5, 5.41) is 4.17. The van der Waals surface area contributed by atoms with E-state index < -0.39 is 0 Å². The fourth-order valence-electron chi connectivity index (χ4n) is 2.59. The molecule has 102 valence electrons. The van der Waals surface area contributed by atoms with Gasteiger partial charge in [-0.3, -0.25) is 4.68 Å². The van der Waals surface area contributed by atoms with E-state index >= 15 is 0 Å². The lowest BCUT2D eigenvalue weighted by atomic mass is 9.97. The average Bonchev–Trinajstić information content (AvgIpc) is 2.79. The largest absolute Gasteiger partial charge is 0.384 e. The lowest BCUT2D eigenvalue weighted by Gasteiger charge is -2.32. The molecule has 0 bridgehead atoms. The molecule has 2 heterocycles. The predicted molar refractivity (Wildman–Crippen MR) is 71.2 cm³/mol. The second-order valence-electron chi connectivity index (χ2n) is 5.25. The summed E-state index contributed by atoms with van der Waals surface area (Å²) >= 11 is 0. The highest BCUT2D eigenvalue weighted by atomic mass is 16.5. The van der Waals surface area contributed by atoms with Gasteiger partial charge in [0.05, 0.1) is 6.20 Å². The van der Waals surface area contributed by atoms with Gasteiger partial charge < -0.3 is 15.4 Å². The van der Waals surface area contributed by atoms with Crippen molar-refractivity contribution >= 4 is 0 Å². The number of piperidine rings is 1. The molecule has 0 aromatic carbocycles. The molecule has 0 spiro atoms. The van der Waals surface area contributed by atoms with E-state index in [1.807, 2.05) is 19.4 Å². The van der Waals surface area contributed by atoms with Crippen LogP contribution in [0.5, 0.6) is 0 Å². The van der Waals surface area contributed by atoms with E-state index in [4.69, 9.17) is 10.5 Å². The first-order valence-corrected chi connectivity index (χ1v) is 6.64. The minimum Gasteiger partial charge on any atom is -0.384 e. The quantitative estimate of drug-likeness (QED) is 0.841. The topological polar surface area (TPSA) is 56.3 Å². The highest BCUT2D eigenvalue weighted by molar-refractivity contribution is 5.10. The summed E-state index contributed by atoms with van der Waals surface area (Å²) in [5.41, 5.74) is 7.33. The van der Waals surface area contributed by atoms with Crippen molar-refractivity contribution in [3.63, 3.8) is 0 Å². The smallest absolute Gasteiger partial charge is 0.0537 e. The van der Waals surface area contributed by atoms with Crippen molar-refractivity contribution < 1.29 is 4.74 Å². The second-order valence-corrected chi connectivity index (χ2v) is 5.25. The average molecular weight is 252 g/mol. The number of nitrogens with two attached hydrogens (primary N) is 1. The van der Waals surface area contributed by atoms with Crippen LogP contribution in [0.25, 0.3) is 0 Å². The molecular weight excluding hydrogens is 228 g/mol. The van der Waals surface area contributed by atoms with Crippen molar-refractivity contribution in [2.24, 2.45) is 18.7 Å². The number of hydrogen-bond acceptors (Lipinski definition) is 4. The third-order valence-corrected chi connectivity index (χ3v) is 3.72. The van der Waals surface area contributed by atoms with Crippen molar-refractivity contribution in [1.82, 2.24) is 14.7 Å². The van der Waals surface area contributed by atoms with Gasteiger partial charge in [-0.1, -0.05) is 0 Å². The summed E-state index contributed by atoms with van der Waals surface area (Å²) in [6, 6.07) is 0.0673. The summed E-state index contributed by atoms with van der Waals surface area (Å²) in [6.07, 6.45) is 6.30. The zero-order chi connectivity index (χ0) is 13.0. The standard InChI is InChI=1S/C13H24N4O/c1-16-8-12(7-15-16)13(14)9-17-5-3-11(4-6-17)10-18-2/h7-8,11,13H,3-6,9-10,14H2,1-2H3. The van der Waals surface area contributed by atoms with Crippen molar-refractivity contribution in [2.45, 2.75) is 18.9 Å². The monoisotopic (exact) mass is 252 g/mol. The summed E-state index contributed by atoms with van der Waals surface area (Å²) < 4.78 is 7.02. The third kappa shape index (κ3) is 3.54. The molecule has 1 aliphatic heterocycles. The molecule has 0 aliphatic carbocycles. The van der Waals surface area contributed by atoms with Crippen LogP contribution >= 0.6 is 0 Å². The molecule has 1 atom stereocenters. The molecule has 1 unspecified atom stereocenters. The molecule has 5 nitrogen and oxygen atoms in total. The number of hydrogen-bond donors (Lipinski definition) is 1. The van der Waals surface area contributed by atoms with Crippen LogP contribution in [0.1, 0.15) is 24.4 Å². The summed E-state index contributed by atoms with van der Waals surface area (Å²) in [6.45, 7) is 4.07. The first-order chi connectivity index (χ1) is 8.69. The molecular formula is C13H24N4O. The van der Waals surface area contributed by atoms with Crippen LogP contribution in [0.15, 0.2) is 12.4 Å². The lowest BCUT2D eigenvalue weighted by molar-refractivity contribution is 0.0971. The SMILES string of the molecule is COCC1CCN(CC(N)c2cnn(C)c2)CC1. The Balaban J connectivity index is 1.77. The van der Waals surface area contributed by atoms with Crippen LogP contribution in [-0.4, -0.2) is 48.0 Å².